The molecule has 0 atom stereocenters. The normalized spacial score (nSPS) is 12.0. The van der Waals surface area contributed by atoms with Crippen LogP contribution in [0.2, 0.25) is 0 Å². The number of hydrogen-bond acceptors (Lipinski definition) is 7. The Labute approximate surface area is 224 Å². The average Bonchev–Trinajstić information content (AvgIpc) is 2.93. The van der Waals surface area contributed by atoms with E-state index >= 15 is 0 Å². The van der Waals surface area contributed by atoms with Crippen molar-refractivity contribution in [3.8, 4) is 11.8 Å². The molecular weight excluding hydrogens is 486 g/mol. The lowest BCUT2D eigenvalue weighted by Gasteiger charge is -2.26. The quantitative estimate of drug-likeness (QED) is 0.240. The lowest BCUT2D eigenvalue weighted by Crippen LogP contribution is -2.34. The van der Waals surface area contributed by atoms with Crippen molar-refractivity contribution in [2.24, 2.45) is 5.73 Å². The van der Waals surface area contributed by atoms with Crippen LogP contribution in [0, 0.1) is 11.8 Å². The van der Waals surface area contributed by atoms with Crippen molar-refractivity contribution in [1.29, 1.82) is 0 Å². The number of ether oxygens (including phenoxy) is 4. The first-order valence-corrected chi connectivity index (χ1v) is 13.0. The van der Waals surface area contributed by atoms with Gasteiger partial charge in [0.05, 0.1) is 65.1 Å². The Morgan fingerprint density at radius 3 is 2.05 bits per heavy atom. The SMILES string of the molecule is NCCOCCOCCOCCOCCNC(=O)CCC(=O)N1Cc2ccccc2C#Cc2ccccc21. The van der Waals surface area contributed by atoms with Gasteiger partial charge in [0.25, 0.3) is 0 Å². The van der Waals surface area contributed by atoms with Crippen LogP contribution in [0.25, 0.3) is 0 Å². The van der Waals surface area contributed by atoms with E-state index in [0.29, 0.717) is 72.5 Å². The molecule has 0 bridgehead atoms. The van der Waals surface area contributed by atoms with Gasteiger partial charge in [0.2, 0.25) is 11.8 Å². The van der Waals surface area contributed by atoms with Gasteiger partial charge in [0.15, 0.2) is 0 Å². The zero-order chi connectivity index (χ0) is 26.8. The van der Waals surface area contributed by atoms with E-state index in [1.165, 1.54) is 0 Å². The van der Waals surface area contributed by atoms with Gasteiger partial charge >= 0.3 is 0 Å². The Bertz CT molecular complexity index is 1080. The molecule has 3 N–H and O–H groups in total. The topological polar surface area (TPSA) is 112 Å². The fraction of sp³-hybridized carbons (Fsp3) is 0.448. The first-order chi connectivity index (χ1) is 18.7. The number of carbonyl (C=O) groups excluding carboxylic acids is 2. The first-order valence-electron chi connectivity index (χ1n) is 13.0. The Kier molecular flexibility index (Phi) is 13.3. The molecule has 0 spiro atoms. The maximum Gasteiger partial charge on any atom is 0.227 e. The third-order valence-electron chi connectivity index (χ3n) is 5.69. The molecule has 2 aromatic rings. The van der Waals surface area contributed by atoms with Gasteiger partial charge in [-0.2, -0.15) is 0 Å². The first kappa shape index (κ1) is 29.3. The minimum Gasteiger partial charge on any atom is -0.378 e. The number of carbonyl (C=O) groups is 2. The number of hydrogen-bond donors (Lipinski definition) is 2. The number of nitrogens with zero attached hydrogens (tertiary/aromatic N) is 1. The van der Waals surface area contributed by atoms with Gasteiger partial charge in [0, 0.05) is 37.1 Å². The number of nitrogens with one attached hydrogen (secondary N) is 1. The van der Waals surface area contributed by atoms with E-state index in [0.717, 1.165) is 22.4 Å². The Hall–Kier alpha value is -3.26. The highest BCUT2D eigenvalue weighted by atomic mass is 16.6. The number of fused-ring (bicyclic) bond motifs is 2. The maximum absolute atomic E-state index is 13.2. The van der Waals surface area contributed by atoms with E-state index in [2.05, 4.69) is 17.2 Å². The summed E-state index contributed by atoms with van der Waals surface area (Å²) in [7, 11) is 0. The van der Waals surface area contributed by atoms with Crippen LogP contribution in [-0.2, 0) is 35.1 Å². The molecule has 0 saturated carbocycles. The second-order valence-electron chi connectivity index (χ2n) is 8.49. The number of amides is 2. The van der Waals surface area contributed by atoms with E-state index in [-0.39, 0.29) is 24.7 Å². The number of rotatable bonds is 17. The van der Waals surface area contributed by atoms with E-state index < -0.39 is 0 Å². The van der Waals surface area contributed by atoms with Crippen molar-refractivity contribution in [3.05, 3.63) is 65.2 Å². The summed E-state index contributed by atoms with van der Waals surface area (Å²) >= 11 is 0. The van der Waals surface area contributed by atoms with Crippen LogP contribution < -0.4 is 16.0 Å². The molecule has 3 rings (SSSR count). The zero-order valence-electron chi connectivity index (χ0n) is 21.8. The van der Waals surface area contributed by atoms with Gasteiger partial charge in [-0.1, -0.05) is 42.2 Å². The number of nitrogens with two attached hydrogens (primary N) is 1. The van der Waals surface area contributed by atoms with Gasteiger partial charge in [-0.3, -0.25) is 9.59 Å². The second-order valence-corrected chi connectivity index (χ2v) is 8.49. The molecule has 0 unspecified atom stereocenters. The van der Waals surface area contributed by atoms with Crippen LogP contribution in [0.3, 0.4) is 0 Å². The third-order valence-corrected chi connectivity index (χ3v) is 5.69. The molecule has 204 valence electrons. The summed E-state index contributed by atoms with van der Waals surface area (Å²) in [5.41, 5.74) is 8.77. The van der Waals surface area contributed by atoms with E-state index in [1.807, 2.05) is 48.5 Å². The fourth-order valence-corrected chi connectivity index (χ4v) is 3.76. The lowest BCUT2D eigenvalue weighted by atomic mass is 10.0. The Morgan fingerprint density at radius 2 is 1.34 bits per heavy atom. The van der Waals surface area contributed by atoms with Crippen molar-refractivity contribution in [2.75, 3.05) is 70.8 Å². The molecule has 0 aliphatic carbocycles. The highest BCUT2D eigenvalue weighted by Crippen LogP contribution is 2.26. The van der Waals surface area contributed by atoms with Crippen LogP contribution in [0.15, 0.2) is 48.5 Å². The summed E-state index contributed by atoms with van der Waals surface area (Å²) in [4.78, 5) is 27.2. The van der Waals surface area contributed by atoms with Crippen molar-refractivity contribution in [3.63, 3.8) is 0 Å². The zero-order valence-corrected chi connectivity index (χ0v) is 21.8. The molecule has 0 saturated heterocycles. The van der Waals surface area contributed by atoms with Crippen LogP contribution in [0.4, 0.5) is 5.69 Å². The molecule has 1 aliphatic rings. The molecule has 38 heavy (non-hydrogen) atoms. The molecular formula is C29H37N3O6. The summed E-state index contributed by atoms with van der Waals surface area (Å²) in [6.45, 7) is 5.06. The summed E-state index contributed by atoms with van der Waals surface area (Å²) in [6, 6.07) is 15.4. The molecule has 0 aromatic heterocycles. The summed E-state index contributed by atoms with van der Waals surface area (Å²) in [5, 5.41) is 2.80. The maximum atomic E-state index is 13.2. The summed E-state index contributed by atoms with van der Waals surface area (Å²) in [5.74, 6) is 6.08. The smallest absolute Gasteiger partial charge is 0.227 e. The molecule has 1 aliphatic heterocycles. The fourth-order valence-electron chi connectivity index (χ4n) is 3.76. The number of anilines is 1. The summed E-state index contributed by atoms with van der Waals surface area (Å²) in [6.07, 6.45) is 0.205. The van der Waals surface area contributed by atoms with Crippen molar-refractivity contribution in [1.82, 2.24) is 5.32 Å². The van der Waals surface area contributed by atoms with Crippen molar-refractivity contribution < 1.29 is 28.5 Å². The van der Waals surface area contributed by atoms with Gasteiger partial charge in [-0.05, 0) is 23.8 Å². The molecule has 9 heteroatoms. The van der Waals surface area contributed by atoms with Crippen molar-refractivity contribution in [2.45, 2.75) is 19.4 Å². The van der Waals surface area contributed by atoms with Crippen LogP contribution in [0.5, 0.6) is 0 Å². The van der Waals surface area contributed by atoms with Gasteiger partial charge in [-0.25, -0.2) is 0 Å². The van der Waals surface area contributed by atoms with Gasteiger partial charge in [-0.15, -0.1) is 0 Å². The standard InChI is InChI=1S/C29H37N3O6/c30-13-15-35-17-19-37-21-22-38-20-18-36-16-14-31-28(33)11-12-29(34)32-23-26-7-2-1-5-24(26)9-10-25-6-3-4-8-27(25)32/h1-8H,11-23,30H2,(H,31,33). The van der Waals surface area contributed by atoms with E-state index in [1.54, 1.807) is 4.90 Å². The minimum atomic E-state index is -0.189. The predicted molar refractivity (Wildman–Crippen MR) is 145 cm³/mol. The number of benzene rings is 2. The molecule has 0 fully saturated rings. The van der Waals surface area contributed by atoms with Crippen LogP contribution in [0.1, 0.15) is 29.5 Å². The third kappa shape index (κ3) is 10.2. The minimum absolute atomic E-state index is 0.102. The van der Waals surface area contributed by atoms with E-state index in [9.17, 15) is 9.59 Å². The number of para-hydroxylation sites is 1. The summed E-state index contributed by atoms with van der Waals surface area (Å²) < 4.78 is 21.5. The molecule has 0 radical (unpaired) electrons. The lowest BCUT2D eigenvalue weighted by molar-refractivity contribution is -0.125. The Morgan fingerprint density at radius 1 is 0.763 bits per heavy atom. The monoisotopic (exact) mass is 523 g/mol. The van der Waals surface area contributed by atoms with Crippen LogP contribution >= 0.6 is 0 Å². The van der Waals surface area contributed by atoms with E-state index in [4.69, 9.17) is 24.7 Å². The largest absolute Gasteiger partial charge is 0.378 e. The molecule has 9 nitrogen and oxygen atoms in total. The molecule has 2 aromatic carbocycles. The predicted octanol–water partition coefficient (Wildman–Crippen LogP) is 1.85. The molecule has 1 heterocycles. The van der Waals surface area contributed by atoms with Crippen LogP contribution in [-0.4, -0.2) is 77.8 Å². The van der Waals surface area contributed by atoms with Gasteiger partial charge < -0.3 is 34.9 Å². The average molecular weight is 524 g/mol. The second kappa shape index (κ2) is 17.3. The highest BCUT2D eigenvalue weighted by molar-refractivity contribution is 5.96. The molecule has 2 amide bonds. The highest BCUT2D eigenvalue weighted by Gasteiger charge is 2.21. The van der Waals surface area contributed by atoms with Gasteiger partial charge in [0.1, 0.15) is 0 Å². The van der Waals surface area contributed by atoms with Crippen molar-refractivity contribution >= 4 is 17.5 Å². The Balaban J connectivity index is 1.30.